The third kappa shape index (κ3) is 2.64. The molecule has 0 unspecified atom stereocenters. The lowest BCUT2D eigenvalue weighted by Crippen LogP contribution is -1.93. The molecule has 82 valence electrons. The minimum atomic E-state index is 0.466. The summed E-state index contributed by atoms with van der Waals surface area (Å²) in [6, 6.07) is 13.1. The Bertz CT molecular complexity index is 488. The maximum atomic E-state index is 5.79. The Morgan fingerprint density at radius 1 is 1.19 bits per heavy atom. The van der Waals surface area contributed by atoms with Crippen LogP contribution in [-0.2, 0) is 0 Å². The van der Waals surface area contributed by atoms with E-state index in [0.29, 0.717) is 11.0 Å². The number of benzene rings is 1. The number of anilines is 2. The van der Waals surface area contributed by atoms with Crippen molar-refractivity contribution in [3.63, 3.8) is 0 Å². The summed E-state index contributed by atoms with van der Waals surface area (Å²) >= 11 is 5.79. The van der Waals surface area contributed by atoms with Crippen LogP contribution in [0.1, 0.15) is 0 Å². The second kappa shape index (κ2) is 4.86. The van der Waals surface area contributed by atoms with Gasteiger partial charge in [0.25, 0.3) is 0 Å². The van der Waals surface area contributed by atoms with Gasteiger partial charge in [-0.3, -0.25) is 0 Å². The van der Waals surface area contributed by atoms with Crippen molar-refractivity contribution < 1.29 is 4.74 Å². The molecule has 0 amide bonds. The summed E-state index contributed by atoms with van der Waals surface area (Å²) in [6.07, 6.45) is 0. The van der Waals surface area contributed by atoms with Crippen molar-refractivity contribution in [2.75, 3.05) is 12.4 Å². The van der Waals surface area contributed by atoms with Crippen molar-refractivity contribution in [2.24, 2.45) is 0 Å². The summed E-state index contributed by atoms with van der Waals surface area (Å²) in [5.74, 6) is 1.51. The molecular weight excluding hydrogens is 224 g/mol. The number of ether oxygens (including phenoxy) is 1. The molecule has 2 aromatic rings. The van der Waals surface area contributed by atoms with Crippen molar-refractivity contribution in [1.29, 1.82) is 0 Å². The van der Waals surface area contributed by atoms with E-state index in [1.165, 1.54) is 0 Å². The van der Waals surface area contributed by atoms with Crippen LogP contribution in [0.5, 0.6) is 5.75 Å². The number of hydrogen-bond donors (Lipinski definition) is 1. The summed E-state index contributed by atoms with van der Waals surface area (Å²) in [6.45, 7) is 0. The molecule has 16 heavy (non-hydrogen) atoms. The van der Waals surface area contributed by atoms with Crippen LogP contribution < -0.4 is 10.1 Å². The van der Waals surface area contributed by atoms with E-state index < -0.39 is 0 Å². The van der Waals surface area contributed by atoms with Crippen LogP contribution in [0, 0.1) is 0 Å². The first-order chi connectivity index (χ1) is 7.78. The summed E-state index contributed by atoms with van der Waals surface area (Å²) in [7, 11) is 1.64. The number of nitrogens with one attached hydrogen (secondary N) is 1. The predicted octanol–water partition coefficient (Wildman–Crippen LogP) is 3.49. The maximum absolute atomic E-state index is 5.79. The van der Waals surface area contributed by atoms with Gasteiger partial charge in [-0.2, -0.15) is 0 Å². The van der Waals surface area contributed by atoms with Gasteiger partial charge in [-0.25, -0.2) is 4.98 Å². The zero-order chi connectivity index (χ0) is 11.4. The molecule has 0 spiro atoms. The van der Waals surface area contributed by atoms with E-state index in [1.807, 2.05) is 36.4 Å². The maximum Gasteiger partial charge on any atom is 0.132 e. The molecule has 1 heterocycles. The summed E-state index contributed by atoms with van der Waals surface area (Å²) in [5.41, 5.74) is 0.911. The Morgan fingerprint density at radius 2 is 2.00 bits per heavy atom. The minimum absolute atomic E-state index is 0.466. The molecule has 1 N–H and O–H groups in total. The van der Waals surface area contributed by atoms with E-state index in [1.54, 1.807) is 13.2 Å². The number of aromatic nitrogens is 1. The Balaban J connectivity index is 2.20. The van der Waals surface area contributed by atoms with Crippen LogP contribution >= 0.6 is 11.6 Å². The van der Waals surface area contributed by atoms with Crippen LogP contribution in [0.25, 0.3) is 0 Å². The first-order valence-electron chi connectivity index (χ1n) is 4.81. The highest BCUT2D eigenvalue weighted by molar-refractivity contribution is 6.29. The van der Waals surface area contributed by atoms with Gasteiger partial charge in [0.1, 0.15) is 16.7 Å². The van der Waals surface area contributed by atoms with Crippen LogP contribution in [0.4, 0.5) is 11.5 Å². The smallest absolute Gasteiger partial charge is 0.132 e. The Hall–Kier alpha value is -1.74. The number of rotatable bonds is 3. The van der Waals surface area contributed by atoms with Gasteiger partial charge in [0.15, 0.2) is 0 Å². The Labute approximate surface area is 99.0 Å². The third-order valence-electron chi connectivity index (χ3n) is 2.06. The van der Waals surface area contributed by atoms with E-state index in [-0.39, 0.29) is 0 Å². The van der Waals surface area contributed by atoms with Crippen LogP contribution in [-0.4, -0.2) is 12.1 Å². The van der Waals surface area contributed by atoms with Crippen molar-refractivity contribution in [3.8, 4) is 5.75 Å². The Morgan fingerprint density at radius 3 is 2.75 bits per heavy atom. The van der Waals surface area contributed by atoms with E-state index >= 15 is 0 Å². The van der Waals surface area contributed by atoms with Gasteiger partial charge in [0.2, 0.25) is 0 Å². The highest BCUT2D eigenvalue weighted by Gasteiger charge is 1.98. The topological polar surface area (TPSA) is 34.1 Å². The monoisotopic (exact) mass is 234 g/mol. The fraction of sp³-hybridized carbons (Fsp3) is 0.0833. The second-order valence-corrected chi connectivity index (χ2v) is 3.59. The standard InChI is InChI=1S/C12H11ClN2O/c1-16-10-5-2-4-9(8-10)14-12-7-3-6-11(13)15-12/h2-8H,1H3,(H,14,15). The van der Waals surface area contributed by atoms with E-state index in [9.17, 15) is 0 Å². The lowest BCUT2D eigenvalue weighted by molar-refractivity contribution is 0.415. The third-order valence-corrected chi connectivity index (χ3v) is 2.27. The van der Waals surface area contributed by atoms with Crippen molar-refractivity contribution in [1.82, 2.24) is 4.98 Å². The van der Waals surface area contributed by atoms with Gasteiger partial charge in [-0.15, -0.1) is 0 Å². The average Bonchev–Trinajstić information content (AvgIpc) is 2.29. The normalized spacial score (nSPS) is 9.88. The number of hydrogen-bond acceptors (Lipinski definition) is 3. The molecule has 0 radical (unpaired) electrons. The minimum Gasteiger partial charge on any atom is -0.497 e. The average molecular weight is 235 g/mol. The first kappa shape index (κ1) is 10.8. The lowest BCUT2D eigenvalue weighted by Gasteiger charge is -2.07. The summed E-state index contributed by atoms with van der Waals surface area (Å²) in [5, 5.41) is 3.61. The van der Waals surface area contributed by atoms with Crippen molar-refractivity contribution in [2.45, 2.75) is 0 Å². The highest BCUT2D eigenvalue weighted by atomic mass is 35.5. The highest BCUT2D eigenvalue weighted by Crippen LogP contribution is 2.20. The number of pyridine rings is 1. The number of methoxy groups -OCH3 is 1. The van der Waals surface area contributed by atoms with Gasteiger partial charge in [0, 0.05) is 11.8 Å². The quantitative estimate of drug-likeness (QED) is 0.826. The van der Waals surface area contributed by atoms with Crippen molar-refractivity contribution >= 4 is 23.1 Å². The lowest BCUT2D eigenvalue weighted by atomic mass is 10.3. The summed E-state index contributed by atoms with van der Waals surface area (Å²) in [4.78, 5) is 4.14. The zero-order valence-corrected chi connectivity index (χ0v) is 9.53. The van der Waals surface area contributed by atoms with E-state index in [4.69, 9.17) is 16.3 Å². The molecule has 0 bridgehead atoms. The SMILES string of the molecule is COc1cccc(Nc2cccc(Cl)n2)c1. The van der Waals surface area contributed by atoms with Gasteiger partial charge in [0.05, 0.1) is 7.11 Å². The van der Waals surface area contributed by atoms with Crippen LogP contribution in [0.15, 0.2) is 42.5 Å². The van der Waals surface area contributed by atoms with Gasteiger partial charge >= 0.3 is 0 Å². The predicted molar refractivity (Wildman–Crippen MR) is 65.5 cm³/mol. The molecule has 0 aliphatic heterocycles. The molecule has 3 nitrogen and oxygen atoms in total. The molecule has 0 aliphatic carbocycles. The molecule has 1 aromatic heterocycles. The molecule has 0 aliphatic rings. The van der Waals surface area contributed by atoms with Gasteiger partial charge in [-0.05, 0) is 24.3 Å². The molecule has 0 fully saturated rings. The van der Waals surface area contributed by atoms with Gasteiger partial charge in [-0.1, -0.05) is 23.7 Å². The molecule has 4 heteroatoms. The molecule has 1 aromatic carbocycles. The molecular formula is C12H11ClN2O. The summed E-state index contributed by atoms with van der Waals surface area (Å²) < 4.78 is 5.13. The zero-order valence-electron chi connectivity index (χ0n) is 8.77. The van der Waals surface area contributed by atoms with E-state index in [0.717, 1.165) is 11.4 Å². The first-order valence-corrected chi connectivity index (χ1v) is 5.19. The van der Waals surface area contributed by atoms with Crippen LogP contribution in [0.2, 0.25) is 5.15 Å². The second-order valence-electron chi connectivity index (χ2n) is 3.20. The largest absolute Gasteiger partial charge is 0.497 e. The number of halogens is 1. The van der Waals surface area contributed by atoms with Crippen LogP contribution in [0.3, 0.4) is 0 Å². The fourth-order valence-electron chi connectivity index (χ4n) is 1.33. The van der Waals surface area contributed by atoms with Gasteiger partial charge < -0.3 is 10.1 Å². The van der Waals surface area contributed by atoms with E-state index in [2.05, 4.69) is 10.3 Å². The number of nitrogens with zero attached hydrogens (tertiary/aromatic N) is 1. The van der Waals surface area contributed by atoms with Crippen molar-refractivity contribution in [3.05, 3.63) is 47.6 Å². The molecule has 0 saturated carbocycles. The molecule has 2 rings (SSSR count). The molecule has 0 saturated heterocycles. The Kier molecular flexibility index (Phi) is 3.27. The fourth-order valence-corrected chi connectivity index (χ4v) is 1.49. The molecule has 0 atom stereocenters.